The minimum Gasteiger partial charge on any atom is -0.354 e. The van der Waals surface area contributed by atoms with Gasteiger partial charge in [-0.1, -0.05) is 5.16 Å². The third-order valence-corrected chi connectivity index (χ3v) is 2.38. The van der Waals surface area contributed by atoms with Gasteiger partial charge in [-0.15, -0.1) is 0 Å². The van der Waals surface area contributed by atoms with E-state index in [2.05, 4.69) is 25.0 Å². The summed E-state index contributed by atoms with van der Waals surface area (Å²) in [6.45, 7) is 0.321. The normalized spacial score (nSPS) is 10.1. The van der Waals surface area contributed by atoms with Gasteiger partial charge < -0.3 is 9.84 Å². The molecule has 78 valence electrons. The molecule has 0 aliphatic rings. The van der Waals surface area contributed by atoms with Gasteiger partial charge >= 0.3 is 5.00 Å². The van der Waals surface area contributed by atoms with Gasteiger partial charge in [-0.05, 0) is 11.3 Å². The maximum absolute atomic E-state index is 10.4. The first-order chi connectivity index (χ1) is 7.25. The third kappa shape index (κ3) is 2.26. The van der Waals surface area contributed by atoms with Crippen LogP contribution in [0.25, 0.3) is 0 Å². The lowest BCUT2D eigenvalue weighted by Crippen LogP contribution is -2.00. The van der Waals surface area contributed by atoms with Crippen LogP contribution in [-0.4, -0.2) is 20.0 Å². The summed E-state index contributed by atoms with van der Waals surface area (Å²) < 4.78 is 4.52. The molecule has 0 saturated heterocycles. The minimum absolute atomic E-state index is 0.00869. The van der Waals surface area contributed by atoms with E-state index >= 15 is 0 Å². The predicted molar refractivity (Wildman–Crippen MR) is 50.4 cm³/mol. The fraction of sp³-hybridized carbons (Fsp3) is 0.167. The van der Waals surface area contributed by atoms with E-state index in [0.29, 0.717) is 17.5 Å². The van der Waals surface area contributed by atoms with Gasteiger partial charge in [0.15, 0.2) is 11.0 Å². The topological polar surface area (TPSA) is 107 Å². The number of rotatable bonds is 4. The molecular weight excluding hydrogens is 222 g/mol. The van der Waals surface area contributed by atoms with Crippen molar-refractivity contribution in [1.82, 2.24) is 15.1 Å². The van der Waals surface area contributed by atoms with Crippen LogP contribution < -0.4 is 5.32 Å². The maximum atomic E-state index is 10.4. The summed E-state index contributed by atoms with van der Waals surface area (Å²) in [6, 6.07) is 0. The van der Waals surface area contributed by atoms with Crippen molar-refractivity contribution in [1.29, 1.82) is 0 Å². The van der Waals surface area contributed by atoms with Gasteiger partial charge in [0.25, 0.3) is 0 Å². The van der Waals surface area contributed by atoms with E-state index in [1.165, 1.54) is 12.6 Å². The molecule has 2 aromatic rings. The number of aromatic nitrogens is 3. The second-order valence-corrected chi connectivity index (χ2v) is 3.47. The van der Waals surface area contributed by atoms with Gasteiger partial charge in [0, 0.05) is 0 Å². The second-order valence-electron chi connectivity index (χ2n) is 2.46. The molecule has 0 spiro atoms. The molecular formula is C6H5N5O3S. The van der Waals surface area contributed by atoms with E-state index in [1.807, 2.05) is 0 Å². The van der Waals surface area contributed by atoms with Crippen molar-refractivity contribution in [3.05, 3.63) is 28.5 Å². The average Bonchev–Trinajstić information content (AvgIpc) is 2.86. The molecule has 0 amide bonds. The molecule has 2 heterocycles. The first-order valence-electron chi connectivity index (χ1n) is 3.85. The summed E-state index contributed by atoms with van der Waals surface area (Å²) in [5.41, 5.74) is 0. The zero-order valence-electron chi connectivity index (χ0n) is 7.28. The predicted octanol–water partition coefficient (Wildman–Crippen LogP) is 1.05. The number of hydrogen-bond acceptors (Lipinski definition) is 8. The molecule has 0 radical (unpaired) electrons. The highest BCUT2D eigenvalue weighted by molar-refractivity contribution is 7.18. The number of nitro groups is 1. The molecule has 2 rings (SSSR count). The summed E-state index contributed by atoms with van der Waals surface area (Å²) in [7, 11) is 0. The molecule has 15 heavy (non-hydrogen) atoms. The summed E-state index contributed by atoms with van der Waals surface area (Å²) in [6.07, 6.45) is 2.41. The van der Waals surface area contributed by atoms with Crippen molar-refractivity contribution in [3.8, 4) is 0 Å². The number of anilines is 1. The average molecular weight is 227 g/mol. The van der Waals surface area contributed by atoms with Crippen molar-refractivity contribution in [2.75, 3.05) is 5.32 Å². The molecule has 0 unspecified atom stereocenters. The van der Waals surface area contributed by atoms with E-state index in [4.69, 9.17) is 0 Å². The highest BCUT2D eigenvalue weighted by atomic mass is 32.1. The van der Waals surface area contributed by atoms with Crippen molar-refractivity contribution in [3.63, 3.8) is 0 Å². The molecule has 9 heteroatoms. The largest absolute Gasteiger partial charge is 0.354 e. The molecule has 0 aliphatic heterocycles. The van der Waals surface area contributed by atoms with Gasteiger partial charge in [-0.2, -0.15) is 4.98 Å². The van der Waals surface area contributed by atoms with Gasteiger partial charge in [0.05, 0.1) is 11.5 Å². The molecule has 0 saturated carbocycles. The van der Waals surface area contributed by atoms with E-state index in [1.54, 1.807) is 0 Å². The Kier molecular flexibility index (Phi) is 2.54. The third-order valence-electron chi connectivity index (χ3n) is 1.48. The van der Waals surface area contributed by atoms with Crippen LogP contribution in [0.3, 0.4) is 0 Å². The quantitative estimate of drug-likeness (QED) is 0.614. The van der Waals surface area contributed by atoms with Crippen LogP contribution in [0.2, 0.25) is 0 Å². The zero-order chi connectivity index (χ0) is 10.7. The fourth-order valence-electron chi connectivity index (χ4n) is 0.857. The Hall–Kier alpha value is -2.03. The number of thiazole rings is 1. The van der Waals surface area contributed by atoms with E-state index in [0.717, 1.165) is 11.3 Å². The lowest BCUT2D eigenvalue weighted by Gasteiger charge is -1.94. The molecule has 8 nitrogen and oxygen atoms in total. The van der Waals surface area contributed by atoms with E-state index < -0.39 is 4.92 Å². The summed E-state index contributed by atoms with van der Waals surface area (Å²) in [4.78, 5) is 17.5. The second kappa shape index (κ2) is 4.00. The van der Waals surface area contributed by atoms with Gasteiger partial charge in [-0.3, -0.25) is 10.1 Å². The molecule has 0 aromatic carbocycles. The highest BCUT2D eigenvalue weighted by Crippen LogP contribution is 2.24. The summed E-state index contributed by atoms with van der Waals surface area (Å²) in [5.74, 6) is 0.466. The minimum atomic E-state index is -0.489. The van der Waals surface area contributed by atoms with Crippen LogP contribution >= 0.6 is 11.3 Å². The van der Waals surface area contributed by atoms with Gasteiger partial charge in [0.1, 0.15) is 6.20 Å². The van der Waals surface area contributed by atoms with Crippen LogP contribution in [0.4, 0.5) is 10.1 Å². The van der Waals surface area contributed by atoms with Gasteiger partial charge in [0.2, 0.25) is 6.39 Å². The number of nitrogens with zero attached hydrogens (tertiary/aromatic N) is 4. The summed E-state index contributed by atoms with van der Waals surface area (Å²) in [5, 5.41) is 17.2. The van der Waals surface area contributed by atoms with E-state index in [9.17, 15) is 10.1 Å². The molecule has 0 fully saturated rings. The van der Waals surface area contributed by atoms with Crippen molar-refractivity contribution < 1.29 is 9.45 Å². The van der Waals surface area contributed by atoms with Crippen molar-refractivity contribution in [2.45, 2.75) is 6.54 Å². The Labute approximate surface area is 87.1 Å². The van der Waals surface area contributed by atoms with Crippen LogP contribution in [-0.2, 0) is 6.54 Å². The van der Waals surface area contributed by atoms with Crippen LogP contribution in [0.5, 0.6) is 0 Å². The van der Waals surface area contributed by atoms with Crippen LogP contribution in [0.15, 0.2) is 17.1 Å². The molecule has 0 atom stereocenters. The smallest absolute Gasteiger partial charge is 0.345 e. The Morgan fingerprint density at radius 1 is 1.60 bits per heavy atom. The fourth-order valence-corrected chi connectivity index (χ4v) is 1.48. The molecule has 1 N–H and O–H groups in total. The summed E-state index contributed by atoms with van der Waals surface area (Å²) >= 11 is 0.955. The molecule has 2 aromatic heterocycles. The lowest BCUT2D eigenvalue weighted by molar-refractivity contribution is -0.380. The first kappa shape index (κ1) is 9.52. The molecule has 0 bridgehead atoms. The van der Waals surface area contributed by atoms with E-state index in [-0.39, 0.29) is 5.00 Å². The first-order valence-corrected chi connectivity index (χ1v) is 4.66. The Balaban J connectivity index is 1.96. The Morgan fingerprint density at radius 3 is 3.07 bits per heavy atom. The zero-order valence-corrected chi connectivity index (χ0v) is 8.10. The van der Waals surface area contributed by atoms with Crippen molar-refractivity contribution >= 4 is 21.5 Å². The van der Waals surface area contributed by atoms with Crippen molar-refractivity contribution in [2.24, 2.45) is 0 Å². The Morgan fingerprint density at radius 2 is 2.47 bits per heavy atom. The van der Waals surface area contributed by atoms with Crippen LogP contribution in [0.1, 0.15) is 5.82 Å². The standard InChI is InChI=1S/C6H5N5O3S/c12-11(13)5-2-8-6(15-5)7-1-4-9-3-14-10-4/h2-3H,1H2,(H,7,8). The lowest BCUT2D eigenvalue weighted by atomic mass is 10.6. The Bertz CT molecular complexity index is 453. The SMILES string of the molecule is O=[N+]([O-])c1cnc(NCc2ncon2)s1. The monoisotopic (exact) mass is 227 g/mol. The number of hydrogen-bond donors (Lipinski definition) is 1. The highest BCUT2D eigenvalue weighted by Gasteiger charge is 2.11. The van der Waals surface area contributed by atoms with Gasteiger partial charge in [-0.25, -0.2) is 4.98 Å². The number of nitrogens with one attached hydrogen (secondary N) is 1. The van der Waals surface area contributed by atoms with Crippen LogP contribution in [0, 0.1) is 10.1 Å². The maximum Gasteiger partial charge on any atom is 0.345 e. The molecule has 0 aliphatic carbocycles.